The Morgan fingerprint density at radius 1 is 1.35 bits per heavy atom. The largest absolute Gasteiger partial charge is 0.380 e. The molecule has 0 bridgehead atoms. The van der Waals surface area contributed by atoms with E-state index in [1.165, 1.54) is 18.3 Å². The molecule has 2 aromatic rings. The van der Waals surface area contributed by atoms with Gasteiger partial charge in [-0.05, 0) is 18.6 Å². The van der Waals surface area contributed by atoms with Crippen molar-refractivity contribution in [3.05, 3.63) is 30.2 Å². The number of benzene rings is 1. The van der Waals surface area contributed by atoms with Crippen molar-refractivity contribution in [1.29, 1.82) is 0 Å². The van der Waals surface area contributed by atoms with Crippen LogP contribution in [0.3, 0.4) is 0 Å². The molecule has 0 saturated heterocycles. The van der Waals surface area contributed by atoms with Gasteiger partial charge in [0.15, 0.2) is 0 Å². The molecule has 0 aliphatic carbocycles. The van der Waals surface area contributed by atoms with Crippen LogP contribution < -0.4 is 0 Å². The van der Waals surface area contributed by atoms with Crippen molar-refractivity contribution in [2.45, 2.75) is 24.8 Å². The molecule has 0 N–H and O–H groups in total. The molecule has 4 nitrogen and oxygen atoms in total. The lowest BCUT2D eigenvalue weighted by molar-refractivity contribution is 0.127. The highest BCUT2D eigenvalue weighted by Crippen LogP contribution is 2.30. The van der Waals surface area contributed by atoms with E-state index >= 15 is 0 Å². The van der Waals surface area contributed by atoms with Crippen molar-refractivity contribution in [3.63, 3.8) is 0 Å². The van der Waals surface area contributed by atoms with E-state index in [0.717, 1.165) is 6.42 Å². The van der Waals surface area contributed by atoms with Crippen LogP contribution in [0.1, 0.15) is 13.3 Å². The van der Waals surface area contributed by atoms with Crippen molar-refractivity contribution < 1.29 is 17.5 Å². The number of aromatic nitrogens is 1. The third-order valence-electron chi connectivity index (χ3n) is 2.91. The van der Waals surface area contributed by atoms with Gasteiger partial charge in [-0.25, -0.2) is 12.8 Å². The van der Waals surface area contributed by atoms with Gasteiger partial charge in [-0.3, -0.25) is 0 Å². The first-order chi connectivity index (χ1) is 9.45. The number of fused-ring (bicyclic) bond motifs is 1. The number of nitrogens with zero attached hydrogens (tertiary/aromatic N) is 1. The number of ether oxygens (including phenoxy) is 1. The van der Waals surface area contributed by atoms with Gasteiger partial charge in [-0.2, -0.15) is 0 Å². The van der Waals surface area contributed by atoms with Crippen LogP contribution >= 0.6 is 10.7 Å². The first-order valence-electron chi connectivity index (χ1n) is 6.25. The first-order valence-corrected chi connectivity index (χ1v) is 8.56. The van der Waals surface area contributed by atoms with E-state index in [1.807, 2.05) is 6.92 Å². The fourth-order valence-corrected chi connectivity index (χ4v) is 3.10. The zero-order chi connectivity index (χ0) is 14.8. The van der Waals surface area contributed by atoms with E-state index in [9.17, 15) is 12.8 Å². The molecule has 0 fully saturated rings. The van der Waals surface area contributed by atoms with Crippen LogP contribution in [0.25, 0.3) is 10.9 Å². The molecule has 7 heteroatoms. The Hall–Kier alpha value is -1.11. The van der Waals surface area contributed by atoms with Crippen molar-refractivity contribution in [2.24, 2.45) is 0 Å². The van der Waals surface area contributed by atoms with Crippen LogP contribution in [-0.4, -0.2) is 26.2 Å². The molecule has 1 heterocycles. The number of rotatable bonds is 6. The maximum Gasteiger partial charge on any atom is 0.263 e. The minimum Gasteiger partial charge on any atom is -0.380 e. The minimum atomic E-state index is -4.00. The highest BCUT2D eigenvalue weighted by Gasteiger charge is 2.21. The minimum absolute atomic E-state index is 0.0259. The summed E-state index contributed by atoms with van der Waals surface area (Å²) in [5.74, 6) is -0.602. The third-order valence-corrected chi connectivity index (χ3v) is 4.24. The molecule has 0 spiro atoms. The smallest absolute Gasteiger partial charge is 0.263 e. The highest BCUT2D eigenvalue weighted by atomic mass is 35.7. The fraction of sp³-hybridized carbons (Fsp3) is 0.385. The number of hydrogen-bond acceptors (Lipinski definition) is 3. The molecule has 2 rings (SSSR count). The maximum atomic E-state index is 13.9. The fourth-order valence-electron chi connectivity index (χ4n) is 2.05. The summed E-state index contributed by atoms with van der Waals surface area (Å²) in [6, 6.07) is 4.40. The Morgan fingerprint density at radius 2 is 2.10 bits per heavy atom. The Labute approximate surface area is 121 Å². The Bertz CT molecular complexity index is 712. The molecule has 1 aromatic carbocycles. The van der Waals surface area contributed by atoms with Crippen LogP contribution in [0.5, 0.6) is 0 Å². The molecule has 20 heavy (non-hydrogen) atoms. The summed E-state index contributed by atoms with van der Waals surface area (Å²) < 4.78 is 44.0. The lowest BCUT2D eigenvalue weighted by Gasteiger charge is -2.05. The summed E-state index contributed by atoms with van der Waals surface area (Å²) in [7, 11) is 1.37. The maximum absolute atomic E-state index is 13.9. The molecule has 1 aromatic heterocycles. The topological polar surface area (TPSA) is 48.3 Å². The van der Waals surface area contributed by atoms with Gasteiger partial charge in [0.1, 0.15) is 10.7 Å². The molecule has 110 valence electrons. The van der Waals surface area contributed by atoms with Crippen LogP contribution in [0.2, 0.25) is 0 Å². The van der Waals surface area contributed by atoms with E-state index < -0.39 is 14.9 Å². The van der Waals surface area contributed by atoms with Crippen LogP contribution in [0.15, 0.2) is 29.3 Å². The van der Waals surface area contributed by atoms with E-state index in [4.69, 9.17) is 15.4 Å². The molecule has 0 unspecified atom stereocenters. The second-order valence-electron chi connectivity index (χ2n) is 4.37. The van der Waals surface area contributed by atoms with Gasteiger partial charge in [-0.1, -0.05) is 13.0 Å². The van der Waals surface area contributed by atoms with Crippen molar-refractivity contribution in [3.8, 4) is 0 Å². The second kappa shape index (κ2) is 6.11. The summed E-state index contributed by atoms with van der Waals surface area (Å²) in [5, 5.41) is 0.0259. The predicted molar refractivity (Wildman–Crippen MR) is 76.0 cm³/mol. The van der Waals surface area contributed by atoms with Gasteiger partial charge in [0, 0.05) is 30.0 Å². The van der Waals surface area contributed by atoms with Gasteiger partial charge in [0.2, 0.25) is 0 Å². The summed E-state index contributed by atoms with van der Waals surface area (Å²) in [6.07, 6.45) is 2.26. The van der Waals surface area contributed by atoms with Crippen LogP contribution in [0, 0.1) is 5.82 Å². The predicted octanol–water partition coefficient (Wildman–Crippen LogP) is 3.13. The molecule has 0 radical (unpaired) electrons. The van der Waals surface area contributed by atoms with E-state index in [0.29, 0.717) is 25.3 Å². The Kier molecular flexibility index (Phi) is 4.67. The monoisotopic (exact) mass is 319 g/mol. The molecule has 0 amide bonds. The Balaban J connectivity index is 2.44. The van der Waals surface area contributed by atoms with Gasteiger partial charge < -0.3 is 9.30 Å². The molecular formula is C13H15ClFNO3S. The van der Waals surface area contributed by atoms with Gasteiger partial charge in [-0.15, -0.1) is 0 Å². The van der Waals surface area contributed by atoms with Gasteiger partial charge in [0.05, 0.1) is 17.5 Å². The van der Waals surface area contributed by atoms with E-state index in [-0.39, 0.29) is 10.3 Å². The quantitative estimate of drug-likeness (QED) is 0.607. The van der Waals surface area contributed by atoms with Crippen LogP contribution in [0.4, 0.5) is 4.39 Å². The molecule has 0 atom stereocenters. The average Bonchev–Trinajstić information content (AvgIpc) is 2.75. The second-order valence-corrected chi connectivity index (χ2v) is 6.91. The summed E-state index contributed by atoms with van der Waals surface area (Å²) in [4.78, 5) is -0.206. The zero-order valence-electron chi connectivity index (χ0n) is 11.0. The van der Waals surface area contributed by atoms with E-state index in [2.05, 4.69) is 0 Å². The normalized spacial score (nSPS) is 12.2. The number of hydrogen-bond donors (Lipinski definition) is 0. The van der Waals surface area contributed by atoms with Crippen molar-refractivity contribution in [1.82, 2.24) is 4.57 Å². The lowest BCUT2D eigenvalue weighted by Crippen LogP contribution is -2.05. The summed E-state index contributed by atoms with van der Waals surface area (Å²) in [5.41, 5.74) is 0.490. The zero-order valence-corrected chi connectivity index (χ0v) is 12.5. The average molecular weight is 320 g/mol. The highest BCUT2D eigenvalue weighted by molar-refractivity contribution is 8.14. The van der Waals surface area contributed by atoms with E-state index in [1.54, 1.807) is 10.6 Å². The van der Waals surface area contributed by atoms with Gasteiger partial charge >= 0.3 is 0 Å². The van der Waals surface area contributed by atoms with Crippen molar-refractivity contribution >= 4 is 30.6 Å². The van der Waals surface area contributed by atoms with Crippen molar-refractivity contribution in [2.75, 3.05) is 13.2 Å². The lowest BCUT2D eigenvalue weighted by atomic mass is 10.2. The molecule has 0 saturated carbocycles. The summed E-state index contributed by atoms with van der Waals surface area (Å²) >= 11 is 0. The standard InChI is InChI=1S/C13H15ClFNO3S/c1-2-7-19-8-6-16-9-12(20(14,17)18)13-10(15)4-3-5-11(13)16/h3-5,9H,2,6-8H2,1H3. The number of halogens is 2. The van der Waals surface area contributed by atoms with Crippen LogP contribution in [-0.2, 0) is 20.3 Å². The molecule has 0 aliphatic heterocycles. The SMILES string of the molecule is CCCOCCn1cc(S(=O)(=O)Cl)c2c(F)cccc21. The molecular weight excluding hydrogens is 305 g/mol. The third kappa shape index (κ3) is 3.13. The first kappa shape index (κ1) is 15.3. The molecule has 0 aliphatic rings. The Morgan fingerprint density at radius 3 is 2.75 bits per heavy atom. The summed E-state index contributed by atoms with van der Waals surface area (Å²) in [6.45, 7) is 3.50. The van der Waals surface area contributed by atoms with Gasteiger partial charge in [0.25, 0.3) is 9.05 Å².